The van der Waals surface area contributed by atoms with Gasteiger partial charge in [0.2, 0.25) is 5.95 Å². The van der Waals surface area contributed by atoms with Crippen molar-refractivity contribution in [1.82, 2.24) is 9.97 Å². The van der Waals surface area contributed by atoms with Gasteiger partial charge in [-0.2, -0.15) is 18.4 Å². The van der Waals surface area contributed by atoms with E-state index in [4.69, 9.17) is 18.9 Å². The second kappa shape index (κ2) is 16.9. The average Bonchev–Trinajstić information content (AvgIpc) is 3.12. The molecule has 0 aliphatic heterocycles. The van der Waals surface area contributed by atoms with Gasteiger partial charge in [-0.15, -0.1) is 0 Å². The van der Waals surface area contributed by atoms with Crippen LogP contribution in [-0.2, 0) is 28.8 Å². The van der Waals surface area contributed by atoms with E-state index in [9.17, 15) is 23.2 Å². The van der Waals surface area contributed by atoms with Gasteiger partial charge in [-0.05, 0) is 89.5 Å². The van der Waals surface area contributed by atoms with Crippen LogP contribution in [0.5, 0.6) is 23.0 Å². The van der Waals surface area contributed by atoms with E-state index in [1.165, 1.54) is 39.8 Å². The third-order valence-electron chi connectivity index (χ3n) is 8.21. The largest absolute Gasteiger partial charge is 0.496 e. The molecule has 0 spiro atoms. The first kappa shape index (κ1) is 38.3. The first-order valence-corrected chi connectivity index (χ1v) is 16.1. The number of aryl methyl sites for hydroxylation is 1. The lowest BCUT2D eigenvalue weighted by atomic mass is 9.90. The number of halogens is 3. The number of anilines is 1. The van der Waals surface area contributed by atoms with E-state index >= 15 is 0 Å². The van der Waals surface area contributed by atoms with Gasteiger partial charge in [0.05, 0.1) is 64.6 Å². The van der Waals surface area contributed by atoms with Crippen molar-refractivity contribution in [1.29, 1.82) is 5.26 Å². The number of hydrogen-bond donors (Lipinski definition) is 0. The van der Waals surface area contributed by atoms with Crippen molar-refractivity contribution in [2.45, 2.75) is 58.8 Å². The van der Waals surface area contributed by atoms with Gasteiger partial charge in [-0.3, -0.25) is 4.79 Å². The van der Waals surface area contributed by atoms with Crippen molar-refractivity contribution in [2.75, 3.05) is 39.9 Å². The number of ether oxygens (including phenoxy) is 5. The summed E-state index contributed by atoms with van der Waals surface area (Å²) < 4.78 is 69.2. The number of rotatable bonds is 15. The molecule has 0 bridgehead atoms. The van der Waals surface area contributed by atoms with E-state index in [2.05, 4.69) is 34.6 Å². The molecule has 0 saturated carbocycles. The maximum absolute atomic E-state index is 13.9. The zero-order valence-electron chi connectivity index (χ0n) is 29.7. The number of nitriles is 1. The van der Waals surface area contributed by atoms with Gasteiger partial charge in [0.25, 0.3) is 0 Å². The van der Waals surface area contributed by atoms with Crippen LogP contribution in [0.1, 0.15) is 66.0 Å². The molecule has 270 valence electrons. The molecule has 0 N–H and O–H groups in total. The summed E-state index contributed by atoms with van der Waals surface area (Å²) in [4.78, 5) is 22.2. The van der Waals surface area contributed by atoms with Crippen LogP contribution in [0.2, 0.25) is 0 Å². The van der Waals surface area contributed by atoms with Crippen molar-refractivity contribution < 1.29 is 41.7 Å². The second-order valence-corrected chi connectivity index (χ2v) is 12.1. The van der Waals surface area contributed by atoms with E-state index in [0.29, 0.717) is 35.0 Å². The molecule has 0 amide bonds. The first-order valence-electron chi connectivity index (χ1n) is 16.1. The summed E-state index contributed by atoms with van der Waals surface area (Å²) in [7, 11) is 5.95. The Morgan fingerprint density at radius 2 is 1.55 bits per heavy atom. The molecule has 3 aromatic carbocycles. The number of carbonyl (C=O) groups excluding carboxylic acids is 1. The molecule has 13 heteroatoms. The lowest BCUT2D eigenvalue weighted by Crippen LogP contribution is -2.25. The molecular weight excluding hydrogens is 665 g/mol. The third kappa shape index (κ3) is 9.60. The number of methoxy groups -OCH3 is 4. The van der Waals surface area contributed by atoms with Gasteiger partial charge in [0.1, 0.15) is 5.75 Å². The zero-order chi connectivity index (χ0) is 37.3. The standard InChI is InChI=1S/C38H41F3N4O6/c1-23(2)30-16-32(33(47-4)11-24(30)3)31-17-35(49-6)34(48-5)15-27(31)22-45(21-26-12-25(18-42)13-28(14-26)38(39,40)41)37-43-19-29(20-44-37)51-10-8-9-36(46)50-7/h11-17,19-20,23H,8-10,21-22H2,1-7H3. The topological polar surface area (TPSA) is 116 Å². The number of carbonyl (C=O) groups is 1. The van der Waals surface area contributed by atoms with Gasteiger partial charge < -0.3 is 28.6 Å². The normalized spacial score (nSPS) is 11.2. The predicted molar refractivity (Wildman–Crippen MR) is 185 cm³/mol. The molecule has 4 rings (SSSR count). The van der Waals surface area contributed by atoms with E-state index < -0.39 is 11.7 Å². The Morgan fingerprint density at radius 3 is 2.14 bits per heavy atom. The van der Waals surface area contributed by atoms with Crippen molar-refractivity contribution >= 4 is 11.9 Å². The minimum Gasteiger partial charge on any atom is -0.496 e. The number of benzene rings is 3. The summed E-state index contributed by atoms with van der Waals surface area (Å²) in [5.41, 5.74) is 3.57. The van der Waals surface area contributed by atoms with E-state index in [1.807, 2.05) is 25.1 Å². The van der Waals surface area contributed by atoms with Crippen molar-refractivity contribution in [3.63, 3.8) is 0 Å². The van der Waals surface area contributed by atoms with Crippen LogP contribution in [-0.4, -0.2) is 51.0 Å². The van der Waals surface area contributed by atoms with Crippen LogP contribution in [0.4, 0.5) is 19.1 Å². The SMILES string of the molecule is COC(=O)CCCOc1cnc(N(Cc2cc(C#N)cc(C(F)(F)F)c2)Cc2cc(OC)c(OC)cc2-c2cc(C(C)C)c(C)cc2OC)nc1. The van der Waals surface area contributed by atoms with Gasteiger partial charge in [0, 0.05) is 25.1 Å². The molecule has 1 heterocycles. The summed E-state index contributed by atoms with van der Waals surface area (Å²) in [6, 6.07) is 12.8. The monoisotopic (exact) mass is 706 g/mol. The fourth-order valence-corrected chi connectivity index (χ4v) is 5.69. The highest BCUT2D eigenvalue weighted by atomic mass is 19.4. The van der Waals surface area contributed by atoms with Crippen molar-refractivity contribution in [3.8, 4) is 40.2 Å². The molecule has 1 aromatic heterocycles. The Hall–Kier alpha value is -5.51. The van der Waals surface area contributed by atoms with E-state index in [1.54, 1.807) is 18.1 Å². The van der Waals surface area contributed by atoms with E-state index in [-0.39, 0.29) is 55.1 Å². The average molecular weight is 707 g/mol. The minimum absolute atomic E-state index is 0.0893. The summed E-state index contributed by atoms with van der Waals surface area (Å²) in [6.45, 7) is 6.45. The minimum atomic E-state index is -4.66. The predicted octanol–water partition coefficient (Wildman–Crippen LogP) is 8.03. The van der Waals surface area contributed by atoms with Gasteiger partial charge in [-0.25, -0.2) is 9.97 Å². The van der Waals surface area contributed by atoms with Crippen LogP contribution in [0.3, 0.4) is 0 Å². The second-order valence-electron chi connectivity index (χ2n) is 12.1. The van der Waals surface area contributed by atoms with Crippen LogP contribution in [0, 0.1) is 18.3 Å². The summed E-state index contributed by atoms with van der Waals surface area (Å²) >= 11 is 0. The summed E-state index contributed by atoms with van der Waals surface area (Å²) in [5.74, 6) is 1.91. The maximum Gasteiger partial charge on any atom is 0.416 e. The molecule has 0 saturated heterocycles. The maximum atomic E-state index is 13.9. The Kier molecular flexibility index (Phi) is 12.7. The highest BCUT2D eigenvalue weighted by molar-refractivity contribution is 5.78. The van der Waals surface area contributed by atoms with E-state index in [0.717, 1.165) is 34.4 Å². The van der Waals surface area contributed by atoms with Gasteiger partial charge >= 0.3 is 12.1 Å². The molecule has 51 heavy (non-hydrogen) atoms. The lowest BCUT2D eigenvalue weighted by molar-refractivity contribution is -0.141. The molecule has 0 atom stereocenters. The van der Waals surface area contributed by atoms with Crippen molar-refractivity contribution in [2.24, 2.45) is 0 Å². The fourth-order valence-electron chi connectivity index (χ4n) is 5.69. The van der Waals surface area contributed by atoms with Crippen LogP contribution in [0.25, 0.3) is 11.1 Å². The lowest BCUT2D eigenvalue weighted by Gasteiger charge is -2.26. The number of esters is 1. The molecule has 4 aromatic rings. The Labute approximate surface area is 295 Å². The molecule has 10 nitrogen and oxygen atoms in total. The number of nitrogens with zero attached hydrogens (tertiary/aromatic N) is 4. The first-order chi connectivity index (χ1) is 24.3. The van der Waals surface area contributed by atoms with Crippen LogP contribution < -0.4 is 23.8 Å². The summed E-state index contributed by atoms with van der Waals surface area (Å²) in [6.07, 6.45) is -1.16. The molecule has 0 radical (unpaired) electrons. The van der Waals surface area contributed by atoms with Gasteiger partial charge in [-0.1, -0.05) is 13.8 Å². The summed E-state index contributed by atoms with van der Waals surface area (Å²) in [5, 5.41) is 9.57. The molecular formula is C38H41F3N4O6. The smallest absolute Gasteiger partial charge is 0.416 e. The molecule has 0 aliphatic rings. The Bertz CT molecular complexity index is 1870. The number of alkyl halides is 3. The quantitative estimate of drug-likeness (QED) is 0.0889. The molecule has 0 aliphatic carbocycles. The zero-order valence-corrected chi connectivity index (χ0v) is 29.7. The van der Waals surface area contributed by atoms with Crippen molar-refractivity contribution in [3.05, 3.63) is 88.2 Å². The molecule has 0 unspecified atom stereocenters. The highest BCUT2D eigenvalue weighted by Gasteiger charge is 2.31. The molecule has 0 fully saturated rings. The fraction of sp³-hybridized carbons (Fsp3) is 0.368. The Morgan fingerprint density at radius 1 is 0.882 bits per heavy atom. The van der Waals surface area contributed by atoms with Crippen LogP contribution >= 0.6 is 0 Å². The highest BCUT2D eigenvalue weighted by Crippen LogP contribution is 2.42. The number of aromatic nitrogens is 2. The Balaban J connectivity index is 1.85. The third-order valence-corrected chi connectivity index (χ3v) is 8.21. The number of hydrogen-bond acceptors (Lipinski definition) is 10. The van der Waals surface area contributed by atoms with Crippen LogP contribution in [0.15, 0.2) is 54.9 Å². The van der Waals surface area contributed by atoms with Gasteiger partial charge in [0.15, 0.2) is 17.2 Å².